The fraction of sp³-hybridized carbons (Fsp3) is 0.455. The van der Waals surface area contributed by atoms with E-state index < -0.39 is 0 Å². The second-order valence-corrected chi connectivity index (χ2v) is 20.6. The molecule has 2 atom stereocenters. The third-order valence-corrected chi connectivity index (χ3v) is 15.9. The lowest BCUT2D eigenvalue weighted by Gasteiger charge is -2.41. The number of ether oxygens (including phenoxy) is 2. The van der Waals surface area contributed by atoms with Crippen molar-refractivity contribution in [3.63, 3.8) is 0 Å². The van der Waals surface area contributed by atoms with Gasteiger partial charge >= 0.3 is 0 Å². The van der Waals surface area contributed by atoms with Crippen molar-refractivity contribution in [3.05, 3.63) is 130 Å². The smallest absolute Gasteiger partial charge is 0.255 e. The molecule has 5 heterocycles. The van der Waals surface area contributed by atoms with Crippen molar-refractivity contribution in [3.8, 4) is 33.9 Å². The molecule has 0 saturated carbocycles. The summed E-state index contributed by atoms with van der Waals surface area (Å²) in [4.78, 5) is 39.2. The van der Waals surface area contributed by atoms with Crippen molar-refractivity contribution in [2.45, 2.75) is 89.2 Å². The van der Waals surface area contributed by atoms with E-state index in [-0.39, 0.29) is 34.4 Å². The predicted molar refractivity (Wildman–Crippen MR) is 265 cm³/mol. The number of hydrogen-bond donors (Lipinski definition) is 1. The molecule has 11 heteroatoms. The average molecular weight is 910 g/mol. The quantitative estimate of drug-likeness (QED) is 0.133. The number of nitrogens with zero attached hydrogens (tertiary/aromatic N) is 5. The van der Waals surface area contributed by atoms with Crippen LogP contribution in [0.25, 0.3) is 22.4 Å². The number of thioether (sulfide) groups is 1. The topological polar surface area (TPSA) is 90.7 Å². The van der Waals surface area contributed by atoms with Crippen LogP contribution in [0.4, 0.5) is 0 Å². The van der Waals surface area contributed by atoms with E-state index in [1.165, 1.54) is 36.0 Å². The first-order valence-electron chi connectivity index (χ1n) is 24.0. The number of rotatable bonds is 12. The first kappa shape index (κ1) is 46.1. The number of carbonyl (C=O) groups excluding carboxylic acids is 2. The highest BCUT2D eigenvalue weighted by atomic mass is 32.2. The van der Waals surface area contributed by atoms with Crippen molar-refractivity contribution in [2.75, 3.05) is 65.3 Å². The maximum atomic E-state index is 15.9. The van der Waals surface area contributed by atoms with E-state index in [4.69, 9.17) is 9.47 Å². The van der Waals surface area contributed by atoms with Crippen LogP contribution in [0.3, 0.4) is 0 Å². The molecule has 0 radical (unpaired) electrons. The number of fused-ring (bicyclic) bond motifs is 2. The molecule has 4 aromatic carbocycles. The number of hydrogen-bond acceptors (Lipinski definition) is 8. The molecule has 4 aliphatic rings. The third-order valence-electron chi connectivity index (χ3n) is 14.8. The van der Waals surface area contributed by atoms with Gasteiger partial charge in [0.2, 0.25) is 5.91 Å². The van der Waals surface area contributed by atoms with Gasteiger partial charge in [-0.25, -0.2) is 0 Å². The number of aromatic hydroxyl groups is 1. The highest BCUT2D eigenvalue weighted by Crippen LogP contribution is 2.39. The lowest BCUT2D eigenvalue weighted by molar-refractivity contribution is -0.131. The summed E-state index contributed by atoms with van der Waals surface area (Å²) in [5, 5.41) is 10.3. The number of phenolic OH excluding ortho intramolecular Hbond substituents is 1. The zero-order chi connectivity index (χ0) is 46.0. The number of phenols is 1. The number of amides is 2. The number of benzene rings is 4. The Labute approximate surface area is 395 Å². The van der Waals surface area contributed by atoms with Gasteiger partial charge in [-0.3, -0.25) is 14.5 Å². The highest BCUT2D eigenvalue weighted by Gasteiger charge is 2.38. The zero-order valence-electron chi connectivity index (χ0n) is 39.6. The van der Waals surface area contributed by atoms with Crippen molar-refractivity contribution in [1.82, 2.24) is 24.2 Å². The molecular formula is C55H67N5O5S. The molecule has 0 spiro atoms. The van der Waals surface area contributed by atoms with Crippen LogP contribution in [0.2, 0.25) is 0 Å². The van der Waals surface area contributed by atoms with Crippen LogP contribution in [-0.4, -0.2) is 123 Å². The summed E-state index contributed by atoms with van der Waals surface area (Å²) < 4.78 is 14.0. The molecule has 2 fully saturated rings. The van der Waals surface area contributed by atoms with E-state index in [9.17, 15) is 9.90 Å². The number of carbonyl (C=O) groups is 2. The molecule has 2 saturated heterocycles. The summed E-state index contributed by atoms with van der Waals surface area (Å²) in [7, 11) is 2.08. The standard InChI is InChI=1S/C55H67N5O5S/c1-38-47(40-15-17-45(61)18-16-40)33-50(56(38)4)48-30-42-21-24-58(53(62)29-39-13-19-46(20-14-39)65-28-26-59-25-27-64-37-55(59,2)3)34-44(42)31-49(48)54(63)60-35-43-12-8-7-11-41(43)32-52(66-5)51(60)36-57-22-9-6-10-23-57/h7-8,11-20,30-31,33,51-52,61H,6,9-10,21-29,32,34-37H2,1-5H3. The van der Waals surface area contributed by atoms with Crippen molar-refractivity contribution in [1.29, 1.82) is 0 Å². The SMILES string of the molecule is CSC1Cc2ccccc2CN(C(=O)c2cc3c(cc2-c2cc(-c4ccc(O)cc4)c(C)n2C)CCN(C(=O)Cc2ccc(OCCN4CCOCC4(C)C)cc2)C3)C1CN1CCCCC1. The summed E-state index contributed by atoms with van der Waals surface area (Å²) in [6.07, 6.45) is 7.77. The number of morpholine rings is 1. The molecule has 10 nitrogen and oxygen atoms in total. The molecular weight excluding hydrogens is 843 g/mol. The first-order chi connectivity index (χ1) is 31.9. The fourth-order valence-electron chi connectivity index (χ4n) is 10.7. The monoisotopic (exact) mass is 909 g/mol. The molecule has 66 heavy (non-hydrogen) atoms. The third kappa shape index (κ3) is 9.96. The van der Waals surface area contributed by atoms with Crippen molar-refractivity contribution >= 4 is 23.6 Å². The Hall–Kier alpha value is -5.07. The minimum atomic E-state index is -0.00652. The fourth-order valence-corrected chi connectivity index (χ4v) is 11.6. The first-order valence-corrected chi connectivity index (χ1v) is 25.3. The van der Waals surface area contributed by atoms with Crippen LogP contribution >= 0.6 is 11.8 Å². The van der Waals surface area contributed by atoms with E-state index in [0.29, 0.717) is 44.6 Å². The van der Waals surface area contributed by atoms with Crippen molar-refractivity contribution < 1.29 is 24.2 Å². The molecule has 1 N–H and O–H groups in total. The van der Waals surface area contributed by atoms with Gasteiger partial charge in [-0.05, 0) is 142 Å². The van der Waals surface area contributed by atoms with Gasteiger partial charge in [0.25, 0.3) is 5.91 Å². The zero-order valence-corrected chi connectivity index (χ0v) is 40.4. The van der Waals surface area contributed by atoms with E-state index in [1.54, 1.807) is 12.1 Å². The number of aromatic nitrogens is 1. The van der Waals surface area contributed by atoms with E-state index in [0.717, 1.165) is 97.3 Å². The largest absolute Gasteiger partial charge is 0.508 e. The van der Waals surface area contributed by atoms with Gasteiger partial charge in [0.15, 0.2) is 0 Å². The summed E-state index contributed by atoms with van der Waals surface area (Å²) in [5.74, 6) is 1.14. The van der Waals surface area contributed by atoms with Crippen molar-refractivity contribution in [2.24, 2.45) is 7.05 Å². The van der Waals surface area contributed by atoms with Crippen LogP contribution in [0.1, 0.15) is 77.0 Å². The molecule has 2 unspecified atom stereocenters. The van der Waals surface area contributed by atoms with Crippen LogP contribution in [0.15, 0.2) is 91.0 Å². The Bertz CT molecular complexity index is 2510. The maximum Gasteiger partial charge on any atom is 0.255 e. The van der Waals surface area contributed by atoms with Gasteiger partial charge in [-0.1, -0.05) is 55.0 Å². The lowest BCUT2D eigenvalue weighted by atomic mass is 9.90. The van der Waals surface area contributed by atoms with Gasteiger partial charge in [0.05, 0.1) is 25.7 Å². The summed E-state index contributed by atoms with van der Waals surface area (Å²) in [5.41, 5.74) is 11.4. The molecule has 0 aliphatic carbocycles. The Morgan fingerprint density at radius 1 is 0.848 bits per heavy atom. The Morgan fingerprint density at radius 2 is 1.61 bits per heavy atom. The minimum absolute atomic E-state index is 0.00652. The van der Waals surface area contributed by atoms with Gasteiger partial charge in [0, 0.05) is 85.2 Å². The molecule has 9 rings (SSSR count). The van der Waals surface area contributed by atoms with Crippen LogP contribution in [0, 0.1) is 6.92 Å². The minimum Gasteiger partial charge on any atom is -0.508 e. The highest BCUT2D eigenvalue weighted by molar-refractivity contribution is 7.99. The lowest BCUT2D eigenvalue weighted by Crippen LogP contribution is -2.54. The Morgan fingerprint density at radius 3 is 2.35 bits per heavy atom. The average Bonchev–Trinajstić information content (AvgIpc) is 3.52. The Balaban J connectivity index is 1.01. The van der Waals surface area contributed by atoms with Gasteiger partial charge in [-0.2, -0.15) is 11.8 Å². The maximum absolute atomic E-state index is 15.9. The summed E-state index contributed by atoms with van der Waals surface area (Å²) in [6.45, 7) is 14.9. The normalized spacial score (nSPS) is 20.1. The van der Waals surface area contributed by atoms with Gasteiger partial charge < -0.3 is 33.8 Å². The molecule has 4 aliphatic heterocycles. The summed E-state index contributed by atoms with van der Waals surface area (Å²) in [6, 6.07) is 30.6. The molecule has 1 aromatic heterocycles. The van der Waals surface area contributed by atoms with Crippen LogP contribution < -0.4 is 4.74 Å². The van der Waals surface area contributed by atoms with E-state index in [2.05, 4.69) is 95.8 Å². The number of likely N-dealkylation sites (tertiary alicyclic amines) is 1. The Kier molecular flexibility index (Phi) is 14.0. The molecule has 348 valence electrons. The van der Waals surface area contributed by atoms with E-state index >= 15 is 4.79 Å². The van der Waals surface area contributed by atoms with Gasteiger partial charge in [0.1, 0.15) is 18.1 Å². The number of piperidine rings is 1. The van der Waals surface area contributed by atoms with E-state index in [1.807, 2.05) is 53.1 Å². The molecule has 2 amide bonds. The second kappa shape index (κ2) is 20.0. The van der Waals surface area contributed by atoms with Gasteiger partial charge in [-0.15, -0.1) is 0 Å². The van der Waals surface area contributed by atoms with Crippen LogP contribution in [0.5, 0.6) is 11.5 Å². The predicted octanol–water partition coefficient (Wildman–Crippen LogP) is 8.77. The second-order valence-electron chi connectivity index (χ2n) is 19.5. The molecule has 0 bridgehead atoms. The molecule has 5 aromatic rings. The summed E-state index contributed by atoms with van der Waals surface area (Å²) >= 11 is 1.88. The van der Waals surface area contributed by atoms with Crippen LogP contribution in [-0.2, 0) is 48.9 Å².